The van der Waals surface area contributed by atoms with Crippen LogP contribution in [0.5, 0.6) is 5.75 Å². The molecule has 1 atom stereocenters. The highest BCUT2D eigenvalue weighted by molar-refractivity contribution is 6.22. The molecule has 1 saturated heterocycles. The van der Waals surface area contributed by atoms with E-state index in [1.54, 1.807) is 50.2 Å². The second-order valence-corrected chi connectivity index (χ2v) is 7.50. The fraction of sp³-hybridized carbons (Fsp3) is 0.304. The average molecular weight is 439 g/mol. The Kier molecular flexibility index (Phi) is 6.77. The molecule has 32 heavy (non-hydrogen) atoms. The van der Waals surface area contributed by atoms with Gasteiger partial charge in [0.2, 0.25) is 5.91 Å². The maximum Gasteiger partial charge on any atom is 0.337 e. The predicted molar refractivity (Wildman–Crippen MR) is 118 cm³/mol. The molecule has 2 aromatic carbocycles. The summed E-state index contributed by atoms with van der Waals surface area (Å²) < 4.78 is 9.84. The standard InChI is InChI=1S/C23H25N3O6/c1-14(2)25-19(13-20(27)24-16-10-8-15(9-11-16)22(29)32-4)21(28)26(23(25)30)17-6-5-7-18(12-17)31-3/h5-12,14,19H,13H2,1-4H3,(H,24,27)/t19-/m1/s1. The third-order valence-corrected chi connectivity index (χ3v) is 5.09. The van der Waals surface area contributed by atoms with Crippen LogP contribution in [0.1, 0.15) is 30.6 Å². The molecule has 1 aliphatic rings. The lowest BCUT2D eigenvalue weighted by molar-refractivity contribution is -0.124. The van der Waals surface area contributed by atoms with Crippen molar-refractivity contribution in [2.45, 2.75) is 32.4 Å². The van der Waals surface area contributed by atoms with Crippen molar-refractivity contribution in [1.29, 1.82) is 0 Å². The number of amides is 4. The van der Waals surface area contributed by atoms with Crippen LogP contribution in [-0.4, -0.2) is 55.0 Å². The number of hydrogen-bond acceptors (Lipinski definition) is 6. The normalized spacial score (nSPS) is 15.8. The van der Waals surface area contributed by atoms with E-state index in [1.165, 1.54) is 31.3 Å². The monoisotopic (exact) mass is 439 g/mol. The van der Waals surface area contributed by atoms with E-state index >= 15 is 0 Å². The Morgan fingerprint density at radius 3 is 2.34 bits per heavy atom. The summed E-state index contributed by atoms with van der Waals surface area (Å²) in [6, 6.07) is 11.1. The number of benzene rings is 2. The van der Waals surface area contributed by atoms with Gasteiger partial charge in [-0.15, -0.1) is 0 Å². The number of carbonyl (C=O) groups is 4. The molecule has 168 valence electrons. The number of esters is 1. The van der Waals surface area contributed by atoms with Gasteiger partial charge in [-0.3, -0.25) is 9.59 Å². The number of hydrogen-bond donors (Lipinski definition) is 1. The van der Waals surface area contributed by atoms with E-state index in [0.717, 1.165) is 4.90 Å². The van der Waals surface area contributed by atoms with E-state index in [2.05, 4.69) is 10.1 Å². The number of nitrogens with zero attached hydrogens (tertiary/aromatic N) is 2. The minimum absolute atomic E-state index is 0.206. The highest BCUT2D eigenvalue weighted by Crippen LogP contribution is 2.30. The second kappa shape index (κ2) is 9.51. The lowest BCUT2D eigenvalue weighted by atomic mass is 10.1. The third-order valence-electron chi connectivity index (χ3n) is 5.09. The maximum absolute atomic E-state index is 13.2. The fourth-order valence-electron chi connectivity index (χ4n) is 3.56. The zero-order chi connectivity index (χ0) is 23.4. The van der Waals surface area contributed by atoms with Crippen molar-refractivity contribution in [2.24, 2.45) is 0 Å². The fourth-order valence-corrected chi connectivity index (χ4v) is 3.56. The van der Waals surface area contributed by atoms with Crippen molar-refractivity contribution < 1.29 is 28.7 Å². The van der Waals surface area contributed by atoms with Gasteiger partial charge in [-0.1, -0.05) is 6.07 Å². The van der Waals surface area contributed by atoms with Crippen molar-refractivity contribution in [3.63, 3.8) is 0 Å². The Hall–Kier alpha value is -3.88. The number of rotatable bonds is 7. The van der Waals surface area contributed by atoms with Crippen LogP contribution in [0.2, 0.25) is 0 Å². The number of carbonyl (C=O) groups excluding carboxylic acids is 4. The summed E-state index contributed by atoms with van der Waals surface area (Å²) in [4.78, 5) is 52.9. The molecule has 0 aliphatic carbocycles. The molecular formula is C23H25N3O6. The van der Waals surface area contributed by atoms with Gasteiger partial charge in [0.1, 0.15) is 11.8 Å². The molecule has 0 unspecified atom stereocenters. The van der Waals surface area contributed by atoms with Crippen LogP contribution >= 0.6 is 0 Å². The summed E-state index contributed by atoms with van der Waals surface area (Å²) >= 11 is 0. The van der Waals surface area contributed by atoms with Crippen LogP contribution < -0.4 is 15.0 Å². The van der Waals surface area contributed by atoms with Gasteiger partial charge in [0.25, 0.3) is 5.91 Å². The van der Waals surface area contributed by atoms with Crippen molar-refractivity contribution in [3.8, 4) is 5.75 Å². The molecule has 1 heterocycles. The quantitative estimate of drug-likeness (QED) is 0.525. The van der Waals surface area contributed by atoms with Gasteiger partial charge in [0.15, 0.2) is 0 Å². The maximum atomic E-state index is 13.2. The number of methoxy groups -OCH3 is 2. The van der Waals surface area contributed by atoms with Gasteiger partial charge in [0, 0.05) is 17.8 Å². The highest BCUT2D eigenvalue weighted by Gasteiger charge is 2.47. The molecule has 0 saturated carbocycles. The van der Waals surface area contributed by atoms with E-state index in [1.807, 2.05) is 0 Å². The molecule has 1 N–H and O–H groups in total. The SMILES string of the molecule is COC(=O)c1ccc(NC(=O)C[C@@H]2C(=O)N(c3cccc(OC)c3)C(=O)N2C(C)C)cc1. The van der Waals surface area contributed by atoms with Crippen LogP contribution in [-0.2, 0) is 14.3 Å². The first-order valence-corrected chi connectivity index (χ1v) is 10.0. The number of ether oxygens (including phenoxy) is 2. The highest BCUT2D eigenvalue weighted by atomic mass is 16.5. The predicted octanol–water partition coefficient (Wildman–Crippen LogP) is 3.06. The molecule has 0 spiro atoms. The summed E-state index contributed by atoms with van der Waals surface area (Å²) in [6.45, 7) is 3.58. The minimum atomic E-state index is -0.942. The van der Waals surface area contributed by atoms with Crippen LogP contribution in [0.3, 0.4) is 0 Å². The van der Waals surface area contributed by atoms with E-state index in [0.29, 0.717) is 22.7 Å². The third kappa shape index (κ3) is 4.56. The Bertz CT molecular complexity index is 1030. The number of anilines is 2. The van der Waals surface area contributed by atoms with E-state index in [9.17, 15) is 19.2 Å². The van der Waals surface area contributed by atoms with Crippen LogP contribution in [0, 0.1) is 0 Å². The topological polar surface area (TPSA) is 105 Å². The van der Waals surface area contributed by atoms with Gasteiger partial charge in [-0.2, -0.15) is 0 Å². The number of nitrogens with one attached hydrogen (secondary N) is 1. The summed E-state index contributed by atoms with van der Waals surface area (Å²) in [6.07, 6.45) is -0.206. The lowest BCUT2D eigenvalue weighted by Gasteiger charge is -2.25. The first kappa shape index (κ1) is 22.8. The average Bonchev–Trinajstić information content (AvgIpc) is 3.02. The van der Waals surface area contributed by atoms with Crippen molar-refractivity contribution >= 4 is 35.2 Å². The van der Waals surface area contributed by atoms with Crippen molar-refractivity contribution in [2.75, 3.05) is 24.4 Å². The van der Waals surface area contributed by atoms with Crippen molar-refractivity contribution in [1.82, 2.24) is 4.90 Å². The van der Waals surface area contributed by atoms with Gasteiger partial charge in [-0.05, 0) is 50.2 Å². The number of urea groups is 1. The van der Waals surface area contributed by atoms with Crippen molar-refractivity contribution in [3.05, 3.63) is 54.1 Å². The molecular weight excluding hydrogens is 414 g/mol. The second-order valence-electron chi connectivity index (χ2n) is 7.50. The molecule has 9 heteroatoms. The molecule has 2 aromatic rings. The van der Waals surface area contributed by atoms with Gasteiger partial charge in [0.05, 0.1) is 31.9 Å². The Morgan fingerprint density at radius 2 is 1.75 bits per heavy atom. The van der Waals surface area contributed by atoms with Gasteiger partial charge < -0.3 is 19.7 Å². The van der Waals surface area contributed by atoms with E-state index in [-0.39, 0.29) is 12.5 Å². The van der Waals surface area contributed by atoms with E-state index in [4.69, 9.17) is 4.74 Å². The smallest absolute Gasteiger partial charge is 0.337 e. The summed E-state index contributed by atoms with van der Waals surface area (Å²) in [5.74, 6) is -0.882. The Morgan fingerprint density at radius 1 is 1.06 bits per heavy atom. The largest absolute Gasteiger partial charge is 0.497 e. The molecule has 0 bridgehead atoms. The number of imide groups is 1. The van der Waals surface area contributed by atoms with Crippen LogP contribution in [0.4, 0.5) is 16.2 Å². The summed E-state index contributed by atoms with van der Waals surface area (Å²) in [7, 11) is 2.78. The van der Waals surface area contributed by atoms with Gasteiger partial charge in [-0.25, -0.2) is 14.5 Å². The zero-order valence-electron chi connectivity index (χ0n) is 18.3. The lowest BCUT2D eigenvalue weighted by Crippen LogP contribution is -2.42. The first-order chi connectivity index (χ1) is 15.3. The summed E-state index contributed by atoms with van der Waals surface area (Å²) in [5, 5.41) is 2.70. The first-order valence-electron chi connectivity index (χ1n) is 10.0. The molecule has 0 aromatic heterocycles. The van der Waals surface area contributed by atoms with Crippen LogP contribution in [0.15, 0.2) is 48.5 Å². The Labute approximate surface area is 185 Å². The molecule has 1 fully saturated rings. The van der Waals surface area contributed by atoms with Crippen LogP contribution in [0.25, 0.3) is 0 Å². The van der Waals surface area contributed by atoms with Gasteiger partial charge >= 0.3 is 12.0 Å². The molecule has 9 nitrogen and oxygen atoms in total. The molecule has 3 rings (SSSR count). The summed E-state index contributed by atoms with van der Waals surface area (Å²) in [5.41, 5.74) is 1.19. The molecule has 1 aliphatic heterocycles. The Balaban J connectivity index is 1.78. The molecule has 0 radical (unpaired) electrons. The zero-order valence-corrected chi connectivity index (χ0v) is 18.3. The minimum Gasteiger partial charge on any atom is -0.497 e. The van der Waals surface area contributed by atoms with E-state index < -0.39 is 29.9 Å². The molecule has 4 amide bonds.